The van der Waals surface area contributed by atoms with Gasteiger partial charge in [-0.1, -0.05) is 11.8 Å². The lowest BCUT2D eigenvalue weighted by Gasteiger charge is -2.20. The molecule has 1 aliphatic rings. The van der Waals surface area contributed by atoms with E-state index in [0.29, 0.717) is 36.1 Å². The lowest BCUT2D eigenvalue weighted by atomic mass is 10.1. The predicted octanol–water partition coefficient (Wildman–Crippen LogP) is 4.00. The van der Waals surface area contributed by atoms with Gasteiger partial charge < -0.3 is 24.1 Å². The van der Waals surface area contributed by atoms with E-state index in [0.717, 1.165) is 15.6 Å². The maximum Gasteiger partial charge on any atom is 0.248 e. The van der Waals surface area contributed by atoms with Crippen molar-refractivity contribution >= 4 is 29.4 Å². The summed E-state index contributed by atoms with van der Waals surface area (Å²) in [4.78, 5) is 17.6. The van der Waals surface area contributed by atoms with Crippen molar-refractivity contribution in [3.63, 3.8) is 0 Å². The van der Waals surface area contributed by atoms with Crippen molar-refractivity contribution in [2.24, 2.45) is 7.05 Å². The topological polar surface area (TPSA) is 74.6 Å². The number of nitrogens with one attached hydrogen (secondary N) is 1. The second-order valence-electron chi connectivity index (χ2n) is 6.52. The molecule has 1 aromatic heterocycles. The number of benzene rings is 2. The van der Waals surface area contributed by atoms with Gasteiger partial charge in [-0.3, -0.25) is 4.79 Å². The number of aryl methyl sites for hydroxylation is 1. The summed E-state index contributed by atoms with van der Waals surface area (Å²) in [5.41, 5.74) is 1.50. The summed E-state index contributed by atoms with van der Waals surface area (Å²) in [6.45, 7) is 0.970. The molecule has 7 nitrogen and oxygen atoms in total. The minimum atomic E-state index is -0.228. The van der Waals surface area contributed by atoms with Gasteiger partial charge in [0.2, 0.25) is 11.7 Å². The van der Waals surface area contributed by atoms with Crippen LogP contribution in [0.15, 0.2) is 64.9 Å². The van der Waals surface area contributed by atoms with Crippen molar-refractivity contribution < 1.29 is 19.0 Å². The second-order valence-corrected chi connectivity index (χ2v) is 7.56. The molecule has 1 amide bonds. The third-order valence-electron chi connectivity index (χ3n) is 4.39. The number of aromatic nitrogens is 2. The summed E-state index contributed by atoms with van der Waals surface area (Å²) >= 11 is 1.56. The van der Waals surface area contributed by atoms with Gasteiger partial charge in [-0.25, -0.2) is 4.98 Å². The molecule has 2 aromatic carbocycles. The Morgan fingerprint density at radius 2 is 2.03 bits per heavy atom. The molecule has 0 saturated heterocycles. The average molecular weight is 423 g/mol. The average Bonchev–Trinajstić information content (AvgIpc) is 3.17. The zero-order valence-corrected chi connectivity index (χ0v) is 17.4. The molecule has 0 atom stereocenters. The zero-order valence-electron chi connectivity index (χ0n) is 16.6. The number of anilines is 1. The Labute approximate surface area is 178 Å². The second kappa shape index (κ2) is 8.96. The third-order valence-corrected chi connectivity index (χ3v) is 5.47. The number of fused-ring (bicyclic) bond motifs is 1. The monoisotopic (exact) mass is 423 g/mol. The van der Waals surface area contributed by atoms with Crippen molar-refractivity contribution in [3.05, 3.63) is 60.4 Å². The van der Waals surface area contributed by atoms with Gasteiger partial charge >= 0.3 is 0 Å². The molecular weight excluding hydrogens is 402 g/mol. The van der Waals surface area contributed by atoms with E-state index in [1.54, 1.807) is 37.2 Å². The van der Waals surface area contributed by atoms with Crippen LogP contribution in [0.5, 0.6) is 17.2 Å². The highest BCUT2D eigenvalue weighted by atomic mass is 32.2. The molecule has 2 heterocycles. The maximum absolute atomic E-state index is 12.3. The molecule has 0 unspecified atom stereocenters. The first kappa shape index (κ1) is 19.9. The first-order chi connectivity index (χ1) is 14.6. The van der Waals surface area contributed by atoms with Crippen LogP contribution in [0.25, 0.3) is 6.08 Å². The van der Waals surface area contributed by atoms with E-state index >= 15 is 0 Å². The van der Waals surface area contributed by atoms with Gasteiger partial charge in [-0.2, -0.15) is 0 Å². The van der Waals surface area contributed by atoms with Crippen LogP contribution in [0.3, 0.4) is 0 Å². The molecule has 30 heavy (non-hydrogen) atoms. The number of amides is 1. The van der Waals surface area contributed by atoms with E-state index in [2.05, 4.69) is 10.3 Å². The first-order valence-electron chi connectivity index (χ1n) is 9.34. The van der Waals surface area contributed by atoms with Crippen LogP contribution >= 0.6 is 11.8 Å². The molecular formula is C22H21N3O4S. The summed E-state index contributed by atoms with van der Waals surface area (Å²) in [6, 6.07) is 11.3. The number of carbonyl (C=O) groups excluding carboxylic acids is 1. The number of nitrogens with zero attached hydrogens (tertiary/aromatic N) is 2. The normalized spacial score (nSPS) is 12.7. The summed E-state index contributed by atoms with van der Waals surface area (Å²) in [5.74, 6) is 1.55. The number of carbonyl (C=O) groups is 1. The molecule has 8 heteroatoms. The van der Waals surface area contributed by atoms with E-state index in [-0.39, 0.29) is 5.91 Å². The number of hydrogen-bond donors (Lipinski definition) is 1. The van der Waals surface area contributed by atoms with Crippen LogP contribution in [0.2, 0.25) is 0 Å². The summed E-state index contributed by atoms with van der Waals surface area (Å²) in [7, 11) is 3.52. The minimum absolute atomic E-state index is 0.228. The largest absolute Gasteiger partial charge is 0.493 e. The van der Waals surface area contributed by atoms with E-state index < -0.39 is 0 Å². The minimum Gasteiger partial charge on any atom is -0.493 e. The van der Waals surface area contributed by atoms with Crippen LogP contribution in [0.1, 0.15) is 5.56 Å². The molecule has 0 spiro atoms. The molecule has 0 radical (unpaired) electrons. The predicted molar refractivity (Wildman–Crippen MR) is 115 cm³/mol. The van der Waals surface area contributed by atoms with E-state index in [1.165, 1.54) is 6.08 Å². The standard InChI is InChI=1S/C22H21N3O4S/c1-25-10-9-23-22(25)30-17-6-4-16(5-7-17)24-20(26)8-3-15-13-18(27-2)21-19(14-15)28-11-12-29-21/h3-10,13-14H,11-12H2,1-2H3,(H,24,26)/b8-3+. The van der Waals surface area contributed by atoms with Crippen molar-refractivity contribution in [3.8, 4) is 17.2 Å². The van der Waals surface area contributed by atoms with Gasteiger partial charge in [0.1, 0.15) is 13.2 Å². The number of rotatable bonds is 6. The van der Waals surface area contributed by atoms with Crippen molar-refractivity contribution in [2.45, 2.75) is 10.1 Å². The van der Waals surface area contributed by atoms with Crippen LogP contribution < -0.4 is 19.5 Å². The molecule has 1 N–H and O–H groups in total. The Kier molecular flexibility index (Phi) is 5.94. The fourth-order valence-corrected chi connectivity index (χ4v) is 3.71. The van der Waals surface area contributed by atoms with Crippen LogP contribution in [-0.4, -0.2) is 35.8 Å². The molecule has 0 fully saturated rings. The lowest BCUT2D eigenvalue weighted by Crippen LogP contribution is -2.16. The lowest BCUT2D eigenvalue weighted by molar-refractivity contribution is -0.111. The summed E-state index contributed by atoms with van der Waals surface area (Å²) in [6.07, 6.45) is 6.85. The van der Waals surface area contributed by atoms with Gasteiger partial charge in [0.25, 0.3) is 0 Å². The van der Waals surface area contributed by atoms with E-state index in [9.17, 15) is 4.79 Å². The first-order valence-corrected chi connectivity index (χ1v) is 10.2. The number of imidazole rings is 1. The summed E-state index contributed by atoms with van der Waals surface area (Å²) in [5, 5.41) is 3.76. The number of hydrogen-bond acceptors (Lipinski definition) is 6. The number of methoxy groups -OCH3 is 1. The zero-order chi connectivity index (χ0) is 20.9. The molecule has 3 aromatic rings. The van der Waals surface area contributed by atoms with E-state index in [4.69, 9.17) is 14.2 Å². The highest BCUT2D eigenvalue weighted by Crippen LogP contribution is 2.40. The van der Waals surface area contributed by atoms with Crippen LogP contribution in [0, 0.1) is 0 Å². The van der Waals surface area contributed by atoms with E-state index in [1.807, 2.05) is 48.1 Å². The molecule has 154 valence electrons. The van der Waals surface area contributed by atoms with Crippen molar-refractivity contribution in [1.82, 2.24) is 9.55 Å². The molecule has 0 aliphatic carbocycles. The highest BCUT2D eigenvalue weighted by molar-refractivity contribution is 7.99. The molecule has 1 aliphatic heterocycles. The van der Waals surface area contributed by atoms with Gasteiger partial charge in [0.15, 0.2) is 16.7 Å². The molecule has 4 rings (SSSR count). The quantitative estimate of drug-likeness (QED) is 0.604. The van der Waals surface area contributed by atoms with Gasteiger partial charge in [0.05, 0.1) is 7.11 Å². The Hall–Kier alpha value is -3.39. The fraction of sp³-hybridized carbons (Fsp3) is 0.182. The Balaban J connectivity index is 1.40. The Morgan fingerprint density at radius 1 is 1.23 bits per heavy atom. The third kappa shape index (κ3) is 4.60. The fourth-order valence-electron chi connectivity index (χ4n) is 2.91. The van der Waals surface area contributed by atoms with Crippen LogP contribution in [0.4, 0.5) is 5.69 Å². The Bertz CT molecular complexity index is 1060. The van der Waals surface area contributed by atoms with Crippen LogP contribution in [-0.2, 0) is 11.8 Å². The van der Waals surface area contributed by atoms with Gasteiger partial charge in [-0.15, -0.1) is 0 Å². The smallest absolute Gasteiger partial charge is 0.248 e. The SMILES string of the molecule is COc1cc(/C=C/C(=O)Nc2ccc(Sc3nccn3C)cc2)cc2c1OCCO2. The van der Waals surface area contributed by atoms with Crippen molar-refractivity contribution in [1.29, 1.82) is 0 Å². The highest BCUT2D eigenvalue weighted by Gasteiger charge is 2.17. The van der Waals surface area contributed by atoms with Gasteiger partial charge in [0, 0.05) is 36.1 Å². The van der Waals surface area contributed by atoms with Gasteiger partial charge in [-0.05, 0) is 48.0 Å². The number of ether oxygens (including phenoxy) is 3. The Morgan fingerprint density at radius 3 is 2.77 bits per heavy atom. The molecule has 0 saturated carbocycles. The molecule has 0 bridgehead atoms. The summed E-state index contributed by atoms with van der Waals surface area (Å²) < 4.78 is 18.5. The maximum atomic E-state index is 12.3. The van der Waals surface area contributed by atoms with Crippen molar-refractivity contribution in [2.75, 3.05) is 25.6 Å².